The van der Waals surface area contributed by atoms with Crippen LogP contribution in [0, 0.1) is 11.2 Å². The maximum Gasteiger partial charge on any atom is 0.319 e. The lowest BCUT2D eigenvalue weighted by molar-refractivity contribution is -0.127. The van der Waals surface area contributed by atoms with E-state index in [9.17, 15) is 14.0 Å². The van der Waals surface area contributed by atoms with Crippen molar-refractivity contribution in [2.24, 2.45) is 5.41 Å². The summed E-state index contributed by atoms with van der Waals surface area (Å²) in [6, 6.07) is 10.7. The van der Waals surface area contributed by atoms with Crippen LogP contribution < -0.4 is 20.3 Å². The molecule has 0 fully saturated rings. The van der Waals surface area contributed by atoms with Crippen molar-refractivity contribution in [2.45, 2.75) is 20.4 Å². The minimum Gasteiger partial charge on any atom is -0.490 e. The summed E-state index contributed by atoms with van der Waals surface area (Å²) in [5, 5.41) is 5.44. The zero-order valence-electron chi connectivity index (χ0n) is 15.5. The highest BCUT2D eigenvalue weighted by Crippen LogP contribution is 2.37. The molecule has 0 aromatic heterocycles. The Labute approximate surface area is 157 Å². The van der Waals surface area contributed by atoms with E-state index in [1.165, 1.54) is 12.1 Å². The van der Waals surface area contributed by atoms with Crippen molar-refractivity contribution < 1.29 is 18.7 Å². The molecule has 0 aliphatic carbocycles. The van der Waals surface area contributed by atoms with Crippen molar-refractivity contribution in [3.63, 3.8) is 0 Å². The first-order valence-electron chi connectivity index (χ1n) is 8.60. The minimum absolute atomic E-state index is 0.0287. The average molecular weight is 371 g/mol. The molecule has 27 heavy (non-hydrogen) atoms. The topological polar surface area (TPSA) is 70.7 Å². The molecule has 3 rings (SSSR count). The summed E-state index contributed by atoms with van der Waals surface area (Å²) in [5.41, 5.74) is 1.36. The van der Waals surface area contributed by atoms with Gasteiger partial charge < -0.3 is 20.3 Å². The van der Waals surface area contributed by atoms with Crippen molar-refractivity contribution in [3.05, 3.63) is 53.8 Å². The van der Waals surface area contributed by atoms with E-state index in [-0.39, 0.29) is 24.9 Å². The van der Waals surface area contributed by atoms with Gasteiger partial charge in [-0.25, -0.2) is 9.18 Å². The van der Waals surface area contributed by atoms with E-state index in [1.54, 1.807) is 42.3 Å². The monoisotopic (exact) mass is 371 g/mol. The van der Waals surface area contributed by atoms with Gasteiger partial charge in [-0.1, -0.05) is 12.1 Å². The van der Waals surface area contributed by atoms with E-state index < -0.39 is 11.4 Å². The van der Waals surface area contributed by atoms with Gasteiger partial charge in [0.1, 0.15) is 18.2 Å². The van der Waals surface area contributed by atoms with Crippen LogP contribution in [0.15, 0.2) is 42.5 Å². The predicted molar refractivity (Wildman–Crippen MR) is 101 cm³/mol. The Morgan fingerprint density at radius 3 is 2.63 bits per heavy atom. The molecule has 1 aliphatic rings. The van der Waals surface area contributed by atoms with Gasteiger partial charge in [0.25, 0.3) is 0 Å². The highest BCUT2D eigenvalue weighted by Gasteiger charge is 2.36. The molecule has 0 radical (unpaired) electrons. The van der Waals surface area contributed by atoms with Gasteiger partial charge in [0, 0.05) is 25.3 Å². The van der Waals surface area contributed by atoms with E-state index in [1.807, 2.05) is 13.8 Å². The maximum atomic E-state index is 12.9. The molecular weight excluding hydrogens is 349 g/mol. The van der Waals surface area contributed by atoms with Gasteiger partial charge in [-0.3, -0.25) is 4.79 Å². The molecule has 0 bridgehead atoms. The molecule has 0 unspecified atom stereocenters. The van der Waals surface area contributed by atoms with E-state index in [0.717, 1.165) is 5.56 Å². The van der Waals surface area contributed by atoms with Crippen LogP contribution in [-0.4, -0.2) is 25.6 Å². The number of nitrogens with zero attached hydrogens (tertiary/aromatic N) is 1. The van der Waals surface area contributed by atoms with Crippen LogP contribution >= 0.6 is 0 Å². The lowest BCUT2D eigenvalue weighted by Gasteiger charge is -2.24. The van der Waals surface area contributed by atoms with Crippen molar-refractivity contribution in [1.82, 2.24) is 5.32 Å². The van der Waals surface area contributed by atoms with E-state index in [4.69, 9.17) is 4.74 Å². The first-order chi connectivity index (χ1) is 12.8. The number of anilines is 2. The number of benzene rings is 2. The van der Waals surface area contributed by atoms with Crippen LogP contribution in [0.2, 0.25) is 0 Å². The van der Waals surface area contributed by atoms with Gasteiger partial charge in [-0.15, -0.1) is 0 Å². The summed E-state index contributed by atoms with van der Waals surface area (Å²) < 4.78 is 18.7. The summed E-state index contributed by atoms with van der Waals surface area (Å²) in [4.78, 5) is 26.2. The minimum atomic E-state index is -0.631. The molecule has 0 saturated carbocycles. The molecule has 0 atom stereocenters. The maximum absolute atomic E-state index is 12.9. The Kier molecular flexibility index (Phi) is 5.03. The first-order valence-corrected chi connectivity index (χ1v) is 8.60. The third-order valence-electron chi connectivity index (χ3n) is 4.42. The number of carbonyl (C=O) groups is 2. The molecule has 0 saturated heterocycles. The zero-order chi connectivity index (χ0) is 19.6. The molecule has 1 aliphatic heterocycles. The predicted octanol–water partition coefficient (Wildman–Crippen LogP) is 3.53. The largest absolute Gasteiger partial charge is 0.490 e. The van der Waals surface area contributed by atoms with Gasteiger partial charge >= 0.3 is 6.03 Å². The third kappa shape index (κ3) is 4.19. The smallest absolute Gasteiger partial charge is 0.319 e. The number of halogens is 1. The second kappa shape index (κ2) is 7.26. The summed E-state index contributed by atoms with van der Waals surface area (Å²) in [7, 11) is 1.71. The van der Waals surface area contributed by atoms with Crippen molar-refractivity contribution >= 4 is 23.3 Å². The highest BCUT2D eigenvalue weighted by molar-refractivity contribution is 5.99. The van der Waals surface area contributed by atoms with E-state index in [0.29, 0.717) is 17.1 Å². The zero-order valence-corrected chi connectivity index (χ0v) is 15.5. The lowest BCUT2D eigenvalue weighted by atomic mass is 9.93. The second-order valence-electron chi connectivity index (χ2n) is 7.15. The van der Waals surface area contributed by atoms with Crippen molar-refractivity contribution in [3.8, 4) is 5.75 Å². The number of nitrogens with one attached hydrogen (secondary N) is 2. The highest BCUT2D eigenvalue weighted by atomic mass is 19.1. The Hall–Kier alpha value is -3.09. The van der Waals surface area contributed by atoms with Crippen molar-refractivity contribution in [2.75, 3.05) is 23.9 Å². The van der Waals surface area contributed by atoms with Crippen LogP contribution in [0.25, 0.3) is 0 Å². The molecule has 142 valence electrons. The lowest BCUT2D eigenvalue weighted by Crippen LogP contribution is -2.39. The molecule has 2 aromatic carbocycles. The number of ether oxygens (including phenoxy) is 1. The summed E-state index contributed by atoms with van der Waals surface area (Å²) in [6.45, 7) is 4.20. The van der Waals surface area contributed by atoms with Crippen LogP contribution in [0.1, 0.15) is 19.4 Å². The quantitative estimate of drug-likeness (QED) is 0.867. The van der Waals surface area contributed by atoms with Crippen LogP contribution in [0.4, 0.5) is 20.6 Å². The second-order valence-corrected chi connectivity index (χ2v) is 7.15. The van der Waals surface area contributed by atoms with Gasteiger partial charge in [-0.05, 0) is 43.7 Å². The van der Waals surface area contributed by atoms with Crippen LogP contribution in [0.5, 0.6) is 5.75 Å². The fraction of sp³-hybridized carbons (Fsp3) is 0.300. The Morgan fingerprint density at radius 1 is 1.22 bits per heavy atom. The number of amides is 3. The third-order valence-corrected chi connectivity index (χ3v) is 4.42. The number of hydrogen-bond acceptors (Lipinski definition) is 3. The number of carbonyl (C=O) groups excluding carboxylic acids is 2. The molecule has 7 heteroatoms. The molecule has 3 amide bonds. The summed E-state index contributed by atoms with van der Waals surface area (Å²) in [5.74, 6) is 0.187. The standard InChI is InChI=1S/C20H22FN3O3/c1-20(2)12-27-17-10-15(8-9-16(17)24(3)18(20)25)23-19(26)22-11-13-4-6-14(21)7-5-13/h4-10H,11-12H2,1-3H3,(H2,22,23,26). The molecule has 1 heterocycles. The Morgan fingerprint density at radius 2 is 1.93 bits per heavy atom. The average Bonchev–Trinajstić information content (AvgIpc) is 2.72. The van der Waals surface area contributed by atoms with E-state index >= 15 is 0 Å². The molecular formula is C20H22FN3O3. The number of fused-ring (bicyclic) bond motifs is 1. The van der Waals surface area contributed by atoms with Crippen LogP contribution in [0.3, 0.4) is 0 Å². The number of rotatable bonds is 3. The van der Waals surface area contributed by atoms with Gasteiger partial charge in [0.15, 0.2) is 0 Å². The Bertz CT molecular complexity index is 865. The first kappa shape index (κ1) is 18.7. The summed E-state index contributed by atoms with van der Waals surface area (Å²) >= 11 is 0. The van der Waals surface area contributed by atoms with Gasteiger partial charge in [-0.2, -0.15) is 0 Å². The van der Waals surface area contributed by atoms with Crippen LogP contribution in [-0.2, 0) is 11.3 Å². The summed E-state index contributed by atoms with van der Waals surface area (Å²) in [6.07, 6.45) is 0. The van der Waals surface area contributed by atoms with E-state index in [2.05, 4.69) is 10.6 Å². The fourth-order valence-corrected chi connectivity index (χ4v) is 2.83. The molecule has 2 aromatic rings. The Balaban J connectivity index is 1.67. The number of hydrogen-bond donors (Lipinski definition) is 2. The van der Waals surface area contributed by atoms with Crippen molar-refractivity contribution in [1.29, 1.82) is 0 Å². The molecule has 6 nitrogen and oxygen atoms in total. The van der Waals surface area contributed by atoms with Gasteiger partial charge in [0.2, 0.25) is 5.91 Å². The molecule has 2 N–H and O–H groups in total. The van der Waals surface area contributed by atoms with Gasteiger partial charge in [0.05, 0.1) is 11.1 Å². The molecule has 0 spiro atoms. The SMILES string of the molecule is CN1C(=O)C(C)(C)COc2cc(NC(=O)NCc3ccc(F)cc3)ccc21. The number of urea groups is 1. The normalized spacial score (nSPS) is 15.4. The fourth-order valence-electron chi connectivity index (χ4n) is 2.83.